The van der Waals surface area contributed by atoms with E-state index in [0.29, 0.717) is 19.3 Å². The summed E-state index contributed by atoms with van der Waals surface area (Å²) in [7, 11) is 0. The van der Waals surface area contributed by atoms with Gasteiger partial charge in [-0.1, -0.05) is 44.1 Å². The smallest absolute Gasteiger partial charge is 0.246 e. The third kappa shape index (κ3) is 14.3. The Kier molecular flexibility index (Phi) is 15.3. The summed E-state index contributed by atoms with van der Waals surface area (Å²) in [5.74, 6) is 0. The van der Waals surface area contributed by atoms with Crippen molar-refractivity contribution in [2.45, 2.75) is 71.1 Å². The number of rotatable bonds is 16. The largest absolute Gasteiger partial charge is 0.303 e. The van der Waals surface area contributed by atoms with Crippen LogP contribution in [-0.2, 0) is 4.79 Å². The molecule has 0 aliphatic rings. The highest BCUT2D eigenvalue weighted by atomic mass is 16.6. The Bertz CT molecular complexity index is 577. The fraction of sp³-hybridized carbons (Fsp3) is 0.550. The predicted octanol–water partition coefficient (Wildman–Crippen LogP) is 5.54. The molecule has 7 heteroatoms. The van der Waals surface area contributed by atoms with Crippen molar-refractivity contribution in [3.63, 3.8) is 0 Å². The number of aldehydes is 1. The van der Waals surface area contributed by atoms with Gasteiger partial charge >= 0.3 is 0 Å². The van der Waals surface area contributed by atoms with Crippen molar-refractivity contribution in [3.05, 3.63) is 68.1 Å². The number of unbranched alkanes of at least 4 members (excludes halogenated alkanes) is 5. The summed E-state index contributed by atoms with van der Waals surface area (Å²) in [6.45, 7) is 2.06. The van der Waals surface area contributed by atoms with Gasteiger partial charge in [0.05, 0.1) is 22.7 Å². The molecule has 150 valence electrons. The maximum Gasteiger partial charge on any atom is 0.246 e. The SMILES string of the molecule is CCCCC/C=C(/C/C=C(/C/C=C/C/C=C/CCCC=O)[N+](=O)[O-])[N+](=O)[O-]. The van der Waals surface area contributed by atoms with Crippen LogP contribution in [-0.4, -0.2) is 16.1 Å². The molecule has 0 saturated heterocycles. The van der Waals surface area contributed by atoms with Gasteiger partial charge in [0.25, 0.3) is 0 Å². The zero-order valence-corrected chi connectivity index (χ0v) is 16.0. The summed E-state index contributed by atoms with van der Waals surface area (Å²) in [6, 6.07) is 0. The summed E-state index contributed by atoms with van der Waals surface area (Å²) in [5, 5.41) is 22.2. The van der Waals surface area contributed by atoms with Gasteiger partial charge in [-0.2, -0.15) is 0 Å². The third-order valence-electron chi connectivity index (χ3n) is 3.83. The van der Waals surface area contributed by atoms with E-state index in [1.807, 2.05) is 18.2 Å². The van der Waals surface area contributed by atoms with Crippen molar-refractivity contribution in [1.29, 1.82) is 0 Å². The van der Waals surface area contributed by atoms with E-state index in [2.05, 4.69) is 6.92 Å². The van der Waals surface area contributed by atoms with Gasteiger partial charge in [0.15, 0.2) is 0 Å². The molecular formula is C20H30N2O5. The molecule has 0 N–H and O–H groups in total. The lowest BCUT2D eigenvalue weighted by molar-refractivity contribution is -0.431. The van der Waals surface area contributed by atoms with Crippen LogP contribution >= 0.6 is 0 Å². The molecule has 0 aromatic rings. The van der Waals surface area contributed by atoms with Crippen LogP contribution in [0.5, 0.6) is 0 Å². The van der Waals surface area contributed by atoms with Gasteiger partial charge in [0, 0.05) is 6.42 Å². The van der Waals surface area contributed by atoms with Crippen molar-refractivity contribution in [2.75, 3.05) is 0 Å². The zero-order chi connectivity index (χ0) is 20.3. The first-order chi connectivity index (χ1) is 13.0. The van der Waals surface area contributed by atoms with Crippen molar-refractivity contribution >= 4 is 6.29 Å². The average Bonchev–Trinajstić information content (AvgIpc) is 2.63. The number of nitro groups is 2. The lowest BCUT2D eigenvalue weighted by atomic mass is 10.1. The quantitative estimate of drug-likeness (QED) is 0.115. The van der Waals surface area contributed by atoms with Crippen molar-refractivity contribution in [1.82, 2.24) is 0 Å². The maximum absolute atomic E-state index is 11.1. The molecule has 0 aliphatic heterocycles. The molecule has 27 heavy (non-hydrogen) atoms. The second-order valence-corrected chi connectivity index (χ2v) is 6.09. The van der Waals surface area contributed by atoms with Crippen LogP contribution in [0.15, 0.2) is 47.9 Å². The molecule has 0 atom stereocenters. The van der Waals surface area contributed by atoms with E-state index in [9.17, 15) is 25.0 Å². The highest BCUT2D eigenvalue weighted by Crippen LogP contribution is 2.13. The molecule has 0 aliphatic carbocycles. The fourth-order valence-electron chi connectivity index (χ4n) is 2.26. The van der Waals surface area contributed by atoms with E-state index < -0.39 is 9.85 Å². The number of allylic oxidation sites excluding steroid dienone is 6. The van der Waals surface area contributed by atoms with Crippen LogP contribution < -0.4 is 0 Å². The van der Waals surface area contributed by atoms with E-state index in [0.717, 1.165) is 38.4 Å². The van der Waals surface area contributed by atoms with Crippen LogP contribution in [0.25, 0.3) is 0 Å². The number of carbonyl (C=O) groups excluding carboxylic acids is 1. The minimum absolute atomic E-state index is 0.00712. The molecule has 0 rings (SSSR count). The van der Waals surface area contributed by atoms with Gasteiger partial charge in [-0.15, -0.1) is 0 Å². The monoisotopic (exact) mass is 378 g/mol. The number of carbonyl (C=O) groups is 1. The Morgan fingerprint density at radius 3 is 2.07 bits per heavy atom. The van der Waals surface area contributed by atoms with Crippen molar-refractivity contribution in [3.8, 4) is 0 Å². The summed E-state index contributed by atoms with van der Waals surface area (Å²) in [4.78, 5) is 31.4. The van der Waals surface area contributed by atoms with Gasteiger partial charge < -0.3 is 4.79 Å². The molecule has 0 heterocycles. The minimum Gasteiger partial charge on any atom is -0.303 e. The lowest BCUT2D eigenvalue weighted by Crippen LogP contribution is -2.01. The molecule has 0 aromatic heterocycles. The first kappa shape index (κ1) is 24.4. The standard InChI is InChI=1S/C20H30N2O5/c1-2-3-4-11-14-19(21(24)25)16-17-20(22(26)27)15-12-9-7-5-6-8-10-13-18-23/h5-6,9,12,14,17-18H,2-4,7-8,10-11,13,15-16H2,1H3/b6-5+,12-9+,19-14-,20-17-. The highest BCUT2D eigenvalue weighted by molar-refractivity contribution is 5.49. The summed E-state index contributed by atoms with van der Waals surface area (Å²) in [6.07, 6.45) is 17.7. The minimum atomic E-state index is -0.492. The highest BCUT2D eigenvalue weighted by Gasteiger charge is 2.13. The Hall–Kier alpha value is -2.57. The van der Waals surface area contributed by atoms with Crippen molar-refractivity contribution < 1.29 is 14.6 Å². The lowest BCUT2D eigenvalue weighted by Gasteiger charge is -1.97. The Balaban J connectivity index is 4.54. The molecule has 0 amide bonds. The maximum atomic E-state index is 11.1. The normalized spacial score (nSPS) is 12.8. The topological polar surface area (TPSA) is 103 Å². The summed E-state index contributed by atoms with van der Waals surface area (Å²) < 4.78 is 0. The summed E-state index contributed by atoms with van der Waals surface area (Å²) in [5.41, 5.74) is -0.0322. The van der Waals surface area contributed by atoms with E-state index in [1.165, 1.54) is 6.08 Å². The third-order valence-corrected chi connectivity index (χ3v) is 3.83. The van der Waals surface area contributed by atoms with Crippen LogP contribution in [0.1, 0.15) is 71.1 Å². The number of hydrogen-bond acceptors (Lipinski definition) is 5. The Morgan fingerprint density at radius 1 is 0.778 bits per heavy atom. The molecule has 0 spiro atoms. The number of nitrogens with zero attached hydrogens (tertiary/aromatic N) is 2. The van der Waals surface area contributed by atoms with E-state index in [4.69, 9.17) is 0 Å². The van der Waals surface area contributed by atoms with Gasteiger partial charge in [-0.25, -0.2) is 0 Å². The molecule has 0 unspecified atom stereocenters. The van der Waals surface area contributed by atoms with E-state index >= 15 is 0 Å². The predicted molar refractivity (Wildman–Crippen MR) is 106 cm³/mol. The fourth-order valence-corrected chi connectivity index (χ4v) is 2.26. The van der Waals surface area contributed by atoms with E-state index in [-0.39, 0.29) is 24.2 Å². The molecule has 0 saturated carbocycles. The molecule has 0 bridgehead atoms. The molecule has 0 radical (unpaired) electrons. The van der Waals surface area contributed by atoms with Crippen LogP contribution in [0.3, 0.4) is 0 Å². The van der Waals surface area contributed by atoms with Gasteiger partial charge in [-0.3, -0.25) is 20.2 Å². The van der Waals surface area contributed by atoms with Gasteiger partial charge in [0.1, 0.15) is 6.29 Å². The molecule has 0 fully saturated rings. The Labute approximate surface area is 160 Å². The summed E-state index contributed by atoms with van der Waals surface area (Å²) >= 11 is 0. The average molecular weight is 378 g/mol. The van der Waals surface area contributed by atoms with Gasteiger partial charge in [-0.05, 0) is 44.3 Å². The number of hydrogen-bond donors (Lipinski definition) is 0. The zero-order valence-electron chi connectivity index (χ0n) is 16.0. The van der Waals surface area contributed by atoms with Crippen LogP contribution in [0.2, 0.25) is 0 Å². The second-order valence-electron chi connectivity index (χ2n) is 6.09. The molecule has 7 nitrogen and oxygen atoms in total. The van der Waals surface area contributed by atoms with Crippen LogP contribution in [0.4, 0.5) is 0 Å². The molecule has 0 aromatic carbocycles. The van der Waals surface area contributed by atoms with E-state index in [1.54, 1.807) is 12.2 Å². The van der Waals surface area contributed by atoms with Crippen molar-refractivity contribution in [2.24, 2.45) is 0 Å². The first-order valence-corrected chi connectivity index (χ1v) is 9.43. The van der Waals surface area contributed by atoms with Gasteiger partial charge in [0.2, 0.25) is 11.4 Å². The second kappa shape index (κ2) is 16.9. The molecular weight excluding hydrogens is 348 g/mol. The first-order valence-electron chi connectivity index (χ1n) is 9.43. The Morgan fingerprint density at radius 2 is 1.44 bits per heavy atom. The van der Waals surface area contributed by atoms with Crippen LogP contribution in [0, 0.1) is 20.2 Å².